The number of rotatable bonds is 4. The van der Waals surface area contributed by atoms with Crippen LogP contribution in [0.5, 0.6) is 5.75 Å². The number of fused-ring (bicyclic) bond motifs is 1. The maximum Gasteiger partial charge on any atom is 0.338 e. The Bertz CT molecular complexity index is 617. The van der Waals surface area contributed by atoms with Crippen LogP contribution in [0.15, 0.2) is 29.8 Å². The molecular formula is C18H21NO4. The first-order valence-corrected chi connectivity index (χ1v) is 8.11. The summed E-state index contributed by atoms with van der Waals surface area (Å²) >= 11 is 0. The number of benzene rings is 1. The van der Waals surface area contributed by atoms with Crippen LogP contribution >= 0.6 is 0 Å². The largest absolute Gasteiger partial charge is 0.488 e. The molecule has 1 N–H and O–H groups in total. The molecule has 2 aliphatic rings. The molecule has 1 saturated carbocycles. The van der Waals surface area contributed by atoms with E-state index in [4.69, 9.17) is 9.47 Å². The van der Waals surface area contributed by atoms with Crippen molar-refractivity contribution in [1.82, 2.24) is 5.32 Å². The Labute approximate surface area is 135 Å². The van der Waals surface area contributed by atoms with E-state index in [0.29, 0.717) is 5.57 Å². The van der Waals surface area contributed by atoms with Gasteiger partial charge in [-0.3, -0.25) is 4.79 Å². The summed E-state index contributed by atoms with van der Waals surface area (Å²) in [5, 5.41) is 2.93. The molecular weight excluding hydrogens is 294 g/mol. The highest BCUT2D eigenvalue weighted by Gasteiger charge is 2.20. The summed E-state index contributed by atoms with van der Waals surface area (Å²) in [6, 6.07) is 7.71. The molecule has 3 rings (SSSR count). The number of ether oxygens (including phenoxy) is 2. The molecule has 1 heterocycles. The summed E-state index contributed by atoms with van der Waals surface area (Å²) < 4.78 is 10.6. The second kappa shape index (κ2) is 7.31. The van der Waals surface area contributed by atoms with Gasteiger partial charge < -0.3 is 14.8 Å². The van der Waals surface area contributed by atoms with Gasteiger partial charge in [0.15, 0.2) is 6.61 Å². The summed E-state index contributed by atoms with van der Waals surface area (Å²) in [5.41, 5.74) is 1.27. The van der Waals surface area contributed by atoms with Gasteiger partial charge in [-0.25, -0.2) is 4.79 Å². The van der Waals surface area contributed by atoms with E-state index in [2.05, 4.69) is 5.32 Å². The van der Waals surface area contributed by atoms with Gasteiger partial charge in [-0.05, 0) is 25.0 Å². The zero-order chi connectivity index (χ0) is 16.1. The first kappa shape index (κ1) is 15.6. The Hall–Kier alpha value is -2.30. The Morgan fingerprint density at radius 3 is 2.78 bits per heavy atom. The van der Waals surface area contributed by atoms with E-state index < -0.39 is 5.97 Å². The van der Waals surface area contributed by atoms with Crippen molar-refractivity contribution < 1.29 is 19.1 Å². The van der Waals surface area contributed by atoms with E-state index in [1.807, 2.05) is 24.3 Å². The molecule has 5 heteroatoms. The Morgan fingerprint density at radius 2 is 1.96 bits per heavy atom. The lowest BCUT2D eigenvalue weighted by atomic mass is 9.95. The van der Waals surface area contributed by atoms with Crippen molar-refractivity contribution in [3.63, 3.8) is 0 Å². The molecule has 23 heavy (non-hydrogen) atoms. The maximum absolute atomic E-state index is 12.1. The number of nitrogens with one attached hydrogen (secondary N) is 1. The number of para-hydroxylation sites is 1. The highest BCUT2D eigenvalue weighted by Crippen LogP contribution is 2.26. The van der Waals surface area contributed by atoms with Crippen molar-refractivity contribution in [2.45, 2.75) is 38.1 Å². The monoisotopic (exact) mass is 315 g/mol. The zero-order valence-corrected chi connectivity index (χ0v) is 13.0. The molecule has 0 spiro atoms. The summed E-state index contributed by atoms with van der Waals surface area (Å²) in [5.74, 6) is 0.0142. The number of esters is 1. The predicted molar refractivity (Wildman–Crippen MR) is 85.9 cm³/mol. The summed E-state index contributed by atoms with van der Waals surface area (Å²) in [6.07, 6.45) is 7.30. The smallest absolute Gasteiger partial charge is 0.338 e. The molecule has 1 aromatic rings. The molecule has 1 amide bonds. The van der Waals surface area contributed by atoms with Crippen LogP contribution < -0.4 is 10.1 Å². The van der Waals surface area contributed by atoms with Gasteiger partial charge in [0.05, 0.1) is 5.57 Å². The van der Waals surface area contributed by atoms with Crippen LogP contribution in [0.2, 0.25) is 0 Å². The van der Waals surface area contributed by atoms with Crippen molar-refractivity contribution >= 4 is 18.0 Å². The molecule has 1 aliphatic heterocycles. The van der Waals surface area contributed by atoms with Gasteiger partial charge in [-0.1, -0.05) is 37.5 Å². The van der Waals surface area contributed by atoms with Crippen LogP contribution in [0.4, 0.5) is 0 Å². The van der Waals surface area contributed by atoms with Gasteiger partial charge in [0.25, 0.3) is 5.91 Å². The van der Waals surface area contributed by atoms with Gasteiger partial charge in [0, 0.05) is 11.6 Å². The second-order valence-electron chi connectivity index (χ2n) is 5.97. The third-order valence-electron chi connectivity index (χ3n) is 4.20. The second-order valence-corrected chi connectivity index (χ2v) is 5.97. The first-order valence-electron chi connectivity index (χ1n) is 8.11. The quantitative estimate of drug-likeness (QED) is 0.867. The van der Waals surface area contributed by atoms with Gasteiger partial charge >= 0.3 is 5.97 Å². The van der Waals surface area contributed by atoms with Crippen molar-refractivity contribution in [1.29, 1.82) is 0 Å². The number of carbonyl (C=O) groups excluding carboxylic acids is 2. The summed E-state index contributed by atoms with van der Waals surface area (Å²) in [4.78, 5) is 23.9. The van der Waals surface area contributed by atoms with Crippen molar-refractivity contribution in [3.8, 4) is 5.75 Å². The fraction of sp³-hybridized carbons (Fsp3) is 0.444. The molecule has 122 valence electrons. The molecule has 0 bridgehead atoms. The molecule has 0 saturated heterocycles. The van der Waals surface area contributed by atoms with Gasteiger partial charge in [-0.15, -0.1) is 0 Å². The van der Waals surface area contributed by atoms with Crippen LogP contribution in [-0.2, 0) is 14.3 Å². The Kier molecular flexibility index (Phi) is 4.95. The summed E-state index contributed by atoms with van der Waals surface area (Å²) in [7, 11) is 0. The minimum atomic E-state index is -0.502. The van der Waals surface area contributed by atoms with Gasteiger partial charge in [0.2, 0.25) is 0 Å². The van der Waals surface area contributed by atoms with Gasteiger partial charge in [-0.2, -0.15) is 0 Å². The van der Waals surface area contributed by atoms with Crippen LogP contribution in [0.3, 0.4) is 0 Å². The highest BCUT2D eigenvalue weighted by molar-refractivity contribution is 5.96. The standard InChI is InChI=1S/C18H21NO4/c20-17(19-15-7-2-1-3-8-15)12-23-18(21)14-10-13-6-4-5-9-16(13)22-11-14/h4-6,9-10,15H,1-3,7-8,11-12H2,(H,19,20). The SMILES string of the molecule is O=C(COC(=O)C1=Cc2ccccc2OC1)NC1CCCCC1. The van der Waals surface area contributed by atoms with Crippen LogP contribution in [0.25, 0.3) is 6.08 Å². The average Bonchev–Trinajstić information content (AvgIpc) is 2.60. The van der Waals surface area contributed by atoms with E-state index in [1.54, 1.807) is 6.08 Å². The average molecular weight is 315 g/mol. The van der Waals surface area contributed by atoms with E-state index in [0.717, 1.165) is 37.0 Å². The molecule has 1 aromatic carbocycles. The first-order chi connectivity index (χ1) is 11.2. The highest BCUT2D eigenvalue weighted by atomic mass is 16.5. The lowest BCUT2D eigenvalue weighted by Crippen LogP contribution is -2.39. The van der Waals surface area contributed by atoms with Crippen molar-refractivity contribution in [3.05, 3.63) is 35.4 Å². The van der Waals surface area contributed by atoms with Crippen LogP contribution in [0.1, 0.15) is 37.7 Å². The fourth-order valence-corrected chi connectivity index (χ4v) is 2.97. The minimum absolute atomic E-state index is 0.167. The molecule has 1 aliphatic carbocycles. The number of hydrogen-bond donors (Lipinski definition) is 1. The topological polar surface area (TPSA) is 64.6 Å². The number of hydrogen-bond acceptors (Lipinski definition) is 4. The third kappa shape index (κ3) is 4.12. The zero-order valence-electron chi connectivity index (χ0n) is 13.0. The fourth-order valence-electron chi connectivity index (χ4n) is 2.97. The van der Waals surface area contributed by atoms with Crippen molar-refractivity contribution in [2.75, 3.05) is 13.2 Å². The van der Waals surface area contributed by atoms with Crippen molar-refractivity contribution in [2.24, 2.45) is 0 Å². The molecule has 5 nitrogen and oxygen atoms in total. The van der Waals surface area contributed by atoms with Crippen LogP contribution in [0, 0.1) is 0 Å². The van der Waals surface area contributed by atoms with E-state index in [9.17, 15) is 9.59 Å². The molecule has 1 fully saturated rings. The Morgan fingerprint density at radius 1 is 1.17 bits per heavy atom. The lowest BCUT2D eigenvalue weighted by Gasteiger charge is -2.22. The molecule has 0 atom stereocenters. The summed E-state index contributed by atoms with van der Waals surface area (Å²) in [6.45, 7) is -0.0750. The van der Waals surface area contributed by atoms with E-state index >= 15 is 0 Å². The van der Waals surface area contributed by atoms with Crippen LogP contribution in [-0.4, -0.2) is 31.1 Å². The van der Waals surface area contributed by atoms with E-state index in [-0.39, 0.29) is 25.2 Å². The number of amides is 1. The molecule has 0 radical (unpaired) electrons. The van der Waals surface area contributed by atoms with E-state index in [1.165, 1.54) is 6.42 Å². The number of carbonyl (C=O) groups is 2. The molecule has 0 unspecified atom stereocenters. The lowest BCUT2D eigenvalue weighted by molar-refractivity contribution is -0.145. The third-order valence-corrected chi connectivity index (χ3v) is 4.20. The predicted octanol–water partition coefficient (Wildman–Crippen LogP) is 2.45. The minimum Gasteiger partial charge on any atom is -0.488 e. The maximum atomic E-state index is 12.1. The normalized spacial score (nSPS) is 17.5. The van der Waals surface area contributed by atoms with Gasteiger partial charge in [0.1, 0.15) is 12.4 Å². The molecule has 0 aromatic heterocycles. The Balaban J connectivity index is 1.50.